The van der Waals surface area contributed by atoms with Crippen molar-refractivity contribution >= 4 is 66.6 Å². The summed E-state index contributed by atoms with van der Waals surface area (Å²) in [7, 11) is 0. The molecule has 9 aromatic rings. The van der Waals surface area contributed by atoms with E-state index in [1.165, 1.54) is 32.9 Å². The van der Waals surface area contributed by atoms with Crippen LogP contribution in [0.1, 0.15) is 59.4 Å². The average Bonchev–Trinajstić information content (AvgIpc) is 3.96. The van der Waals surface area contributed by atoms with Crippen LogP contribution in [-0.2, 0) is 0 Å². The zero-order valence-electron chi connectivity index (χ0n) is 32.0. The molecule has 4 heterocycles. The molecule has 6 nitrogen and oxygen atoms in total. The number of allylic oxidation sites excluding steroid dienone is 4. The predicted octanol–water partition coefficient (Wildman–Crippen LogP) is 12.4. The molecule has 2 N–H and O–H groups in total. The van der Waals surface area contributed by atoms with Crippen LogP contribution >= 0.6 is 0 Å². The van der Waals surface area contributed by atoms with E-state index >= 15 is 0 Å². The number of hydrogen-bond donors (Lipinski definition) is 2. The van der Waals surface area contributed by atoms with E-state index in [1.807, 2.05) is 0 Å². The molecule has 0 spiro atoms. The highest BCUT2D eigenvalue weighted by Gasteiger charge is 2.33. The van der Waals surface area contributed by atoms with E-state index in [9.17, 15) is 0 Å². The molecule has 0 amide bonds. The summed E-state index contributed by atoms with van der Waals surface area (Å²) in [4.78, 5) is 5.26. The van der Waals surface area contributed by atoms with Crippen LogP contribution in [0.25, 0.3) is 66.5 Å². The number of hydrogen-bond acceptors (Lipinski definition) is 5. The van der Waals surface area contributed by atoms with Crippen LogP contribution in [0.3, 0.4) is 0 Å². The van der Waals surface area contributed by atoms with E-state index in [0.29, 0.717) is 5.92 Å². The zero-order chi connectivity index (χ0) is 38.3. The van der Waals surface area contributed by atoms with Gasteiger partial charge in [0.05, 0.1) is 22.8 Å². The monoisotopic (exact) mass is 752 g/mol. The van der Waals surface area contributed by atoms with Gasteiger partial charge in [0.1, 0.15) is 34.5 Å². The van der Waals surface area contributed by atoms with E-state index in [0.717, 1.165) is 67.7 Å². The molecule has 3 aromatic heterocycles. The van der Waals surface area contributed by atoms with Gasteiger partial charge in [0.25, 0.3) is 0 Å². The minimum absolute atomic E-state index is 0.00959. The van der Waals surface area contributed by atoms with Crippen LogP contribution in [0.2, 0.25) is 0 Å². The van der Waals surface area contributed by atoms with Crippen LogP contribution in [-0.4, -0.2) is 16.6 Å². The first-order chi connectivity index (χ1) is 28.7. The molecule has 12 rings (SSSR count). The van der Waals surface area contributed by atoms with Gasteiger partial charge in [-0.05, 0) is 72.0 Å². The third-order valence-corrected chi connectivity index (χ3v) is 12.6. The largest absolute Gasteiger partial charge is 0.456 e. The molecule has 0 bridgehead atoms. The highest BCUT2D eigenvalue weighted by Crippen LogP contribution is 2.46. The van der Waals surface area contributed by atoms with Crippen molar-refractivity contribution < 1.29 is 8.83 Å². The lowest BCUT2D eigenvalue weighted by molar-refractivity contribution is 0.328. The zero-order valence-corrected chi connectivity index (χ0v) is 32.0. The Morgan fingerprint density at radius 1 is 0.655 bits per heavy atom. The summed E-state index contributed by atoms with van der Waals surface area (Å²) in [6.07, 6.45) is 14.0. The SMILES string of the molecule is CC1c2c(oc3c(C4=NC(c5ccccc5)NC(C5C=CC=CC5)N4)cccc23)C=CC1c1ccc2c(c1)oc1ccc(-n3c4ccccc4c4ccccc43)cc12. The first-order valence-electron chi connectivity index (χ1n) is 20.3. The van der Waals surface area contributed by atoms with Gasteiger partial charge in [-0.2, -0.15) is 0 Å². The van der Waals surface area contributed by atoms with Crippen LogP contribution in [0.15, 0.2) is 178 Å². The molecule has 280 valence electrons. The van der Waals surface area contributed by atoms with Crippen molar-refractivity contribution in [3.05, 3.63) is 192 Å². The van der Waals surface area contributed by atoms with Crippen molar-refractivity contribution in [3.63, 3.8) is 0 Å². The summed E-state index contributed by atoms with van der Waals surface area (Å²) in [6.45, 7) is 2.32. The highest BCUT2D eigenvalue weighted by molar-refractivity contribution is 6.11. The fraction of sp³-hybridized carbons (Fsp3) is 0.135. The lowest BCUT2D eigenvalue weighted by Gasteiger charge is -2.35. The molecule has 6 aromatic carbocycles. The molecule has 0 saturated heterocycles. The van der Waals surface area contributed by atoms with Gasteiger partial charge in [0.2, 0.25) is 0 Å². The topological polar surface area (TPSA) is 67.6 Å². The molecule has 1 aliphatic heterocycles. The number of furan rings is 2. The summed E-state index contributed by atoms with van der Waals surface area (Å²) < 4.78 is 15.7. The standard InChI is InChI=1S/C52H40N4O2/c1-31-36(34-23-25-39-42-30-35(24-27-45(42)57-47(39)29-34)56-43-21-10-8-17-37(43)38-18-9-11-22-44(38)56)26-28-46-48(31)40-19-12-20-41(49(40)58-46)52-54-50(32-13-4-2-5-14-32)53-51(55-52)33-15-6-3-7-16-33/h2-15,17-31,33,36,50-51,53H,16H2,1H3,(H,54,55). The molecule has 3 aliphatic rings. The predicted molar refractivity (Wildman–Crippen MR) is 237 cm³/mol. The summed E-state index contributed by atoms with van der Waals surface area (Å²) >= 11 is 0. The number of nitrogens with zero attached hydrogens (tertiary/aromatic N) is 2. The lowest BCUT2D eigenvalue weighted by Crippen LogP contribution is -2.54. The average molecular weight is 753 g/mol. The summed E-state index contributed by atoms with van der Waals surface area (Å²) in [5.41, 5.74) is 10.8. The highest BCUT2D eigenvalue weighted by atomic mass is 16.3. The maximum Gasteiger partial charge on any atom is 0.146 e. The van der Waals surface area contributed by atoms with Crippen molar-refractivity contribution in [1.82, 2.24) is 15.2 Å². The van der Waals surface area contributed by atoms with Crippen LogP contribution in [0, 0.1) is 5.92 Å². The van der Waals surface area contributed by atoms with Gasteiger partial charge >= 0.3 is 0 Å². The van der Waals surface area contributed by atoms with Crippen LogP contribution in [0.4, 0.5) is 0 Å². The van der Waals surface area contributed by atoms with E-state index in [-0.39, 0.29) is 24.2 Å². The van der Waals surface area contributed by atoms with Gasteiger partial charge < -0.3 is 18.7 Å². The molecule has 6 heteroatoms. The van der Waals surface area contributed by atoms with Crippen molar-refractivity contribution in [2.75, 3.05) is 0 Å². The van der Waals surface area contributed by atoms with Gasteiger partial charge in [0.15, 0.2) is 0 Å². The quantitative estimate of drug-likeness (QED) is 0.184. The van der Waals surface area contributed by atoms with E-state index in [1.54, 1.807) is 0 Å². The summed E-state index contributed by atoms with van der Waals surface area (Å²) in [5.74, 6) is 2.38. The second kappa shape index (κ2) is 13.1. The second-order valence-electron chi connectivity index (χ2n) is 15.9. The smallest absolute Gasteiger partial charge is 0.146 e. The van der Waals surface area contributed by atoms with Crippen molar-refractivity contribution in [2.24, 2.45) is 10.9 Å². The molecule has 0 radical (unpaired) electrons. The van der Waals surface area contributed by atoms with E-state index < -0.39 is 0 Å². The van der Waals surface area contributed by atoms with Crippen molar-refractivity contribution in [2.45, 2.75) is 37.5 Å². The first-order valence-corrected chi connectivity index (χ1v) is 20.3. The van der Waals surface area contributed by atoms with E-state index in [2.05, 4.69) is 192 Å². The third-order valence-electron chi connectivity index (χ3n) is 12.6. The van der Waals surface area contributed by atoms with Crippen LogP contribution in [0.5, 0.6) is 0 Å². The number of fused-ring (bicyclic) bond motifs is 9. The number of rotatable bonds is 5. The Hall–Kier alpha value is -6.89. The summed E-state index contributed by atoms with van der Waals surface area (Å²) in [6, 6.07) is 47.6. The fourth-order valence-electron chi connectivity index (χ4n) is 9.80. The maximum absolute atomic E-state index is 6.78. The minimum atomic E-state index is -0.182. The molecule has 5 atom stereocenters. The molecular weight excluding hydrogens is 713 g/mol. The van der Waals surface area contributed by atoms with Gasteiger partial charge in [-0.25, -0.2) is 4.99 Å². The fourth-order valence-corrected chi connectivity index (χ4v) is 9.80. The number of nitrogens with one attached hydrogen (secondary N) is 2. The molecule has 0 saturated carbocycles. The Bertz CT molecular complexity index is 3160. The van der Waals surface area contributed by atoms with Crippen molar-refractivity contribution in [3.8, 4) is 5.69 Å². The minimum Gasteiger partial charge on any atom is -0.456 e. The molecule has 58 heavy (non-hydrogen) atoms. The lowest BCUT2D eigenvalue weighted by atomic mass is 9.78. The Kier molecular flexibility index (Phi) is 7.50. The Labute approximate surface area is 335 Å². The molecular formula is C52H40N4O2. The number of para-hydroxylation sites is 3. The van der Waals surface area contributed by atoms with Crippen LogP contribution < -0.4 is 10.6 Å². The molecule has 0 fully saturated rings. The van der Waals surface area contributed by atoms with Gasteiger partial charge in [-0.3, -0.25) is 5.32 Å². The number of aromatic nitrogens is 1. The third kappa shape index (κ3) is 5.18. The Morgan fingerprint density at radius 2 is 1.45 bits per heavy atom. The van der Waals surface area contributed by atoms with Gasteiger partial charge in [-0.15, -0.1) is 0 Å². The second-order valence-corrected chi connectivity index (χ2v) is 15.9. The maximum atomic E-state index is 6.78. The molecule has 2 aliphatic carbocycles. The number of aliphatic imine (C=N–C) groups is 1. The Morgan fingerprint density at radius 3 is 2.26 bits per heavy atom. The first kappa shape index (κ1) is 33.3. The summed E-state index contributed by atoms with van der Waals surface area (Å²) in [5, 5.41) is 13.4. The number of benzene rings is 6. The van der Waals surface area contributed by atoms with Gasteiger partial charge in [0, 0.05) is 50.0 Å². The Balaban J connectivity index is 0.897. The van der Waals surface area contributed by atoms with Crippen molar-refractivity contribution in [1.29, 1.82) is 0 Å². The van der Waals surface area contributed by atoms with Gasteiger partial charge in [-0.1, -0.05) is 128 Å². The normalized spacial score (nSPS) is 21.6. The molecule has 5 unspecified atom stereocenters. The van der Waals surface area contributed by atoms with E-state index in [4.69, 9.17) is 13.8 Å². The number of amidine groups is 1.